The van der Waals surface area contributed by atoms with E-state index in [2.05, 4.69) is 54.5 Å². The quantitative estimate of drug-likeness (QED) is 0.859. The van der Waals surface area contributed by atoms with Gasteiger partial charge in [0.15, 0.2) is 0 Å². The van der Waals surface area contributed by atoms with Crippen LogP contribution in [0.3, 0.4) is 0 Å². The van der Waals surface area contributed by atoms with Gasteiger partial charge in [-0.1, -0.05) is 28.1 Å². The normalized spacial score (nSPS) is 21.2. The highest BCUT2D eigenvalue weighted by atomic mass is 79.9. The van der Waals surface area contributed by atoms with Crippen LogP contribution in [0.25, 0.3) is 0 Å². The zero-order valence-electron chi connectivity index (χ0n) is 10.4. The second-order valence-electron chi connectivity index (χ2n) is 5.49. The molecule has 4 rings (SSSR count). The van der Waals surface area contributed by atoms with Gasteiger partial charge in [0.05, 0.1) is 0 Å². The van der Waals surface area contributed by atoms with Gasteiger partial charge < -0.3 is 4.90 Å². The molecular formula is C14H14BrN3S. The first-order valence-electron chi connectivity index (χ1n) is 6.56. The summed E-state index contributed by atoms with van der Waals surface area (Å²) >= 11 is 5.01. The van der Waals surface area contributed by atoms with Crippen LogP contribution in [0.1, 0.15) is 18.4 Å². The second-order valence-corrected chi connectivity index (χ2v) is 7.16. The Kier molecular flexibility index (Phi) is 2.67. The van der Waals surface area contributed by atoms with Crippen LogP contribution in [-0.2, 0) is 5.41 Å². The molecule has 2 fully saturated rings. The first-order chi connectivity index (χ1) is 9.28. The van der Waals surface area contributed by atoms with Gasteiger partial charge in [0, 0.05) is 40.4 Å². The standard InChI is InChI=1S/C14H14BrN3S/c15-12-3-1-10(2-4-12)14(5-6-14)11-7-18(8-11)13-16-9-17-19-13/h1-4,9,11H,5-8H2. The Balaban J connectivity index is 1.50. The highest BCUT2D eigenvalue weighted by molar-refractivity contribution is 9.10. The van der Waals surface area contributed by atoms with E-state index in [9.17, 15) is 0 Å². The van der Waals surface area contributed by atoms with Crippen molar-refractivity contribution in [2.24, 2.45) is 5.92 Å². The molecule has 2 aromatic rings. The first kappa shape index (κ1) is 11.9. The van der Waals surface area contributed by atoms with Crippen LogP contribution < -0.4 is 4.90 Å². The number of nitrogens with zero attached hydrogens (tertiary/aromatic N) is 3. The van der Waals surface area contributed by atoms with E-state index < -0.39 is 0 Å². The molecule has 1 aliphatic heterocycles. The van der Waals surface area contributed by atoms with Crippen LogP contribution in [0, 0.1) is 5.92 Å². The average Bonchev–Trinajstić information content (AvgIpc) is 2.97. The van der Waals surface area contributed by atoms with Crippen molar-refractivity contribution in [2.45, 2.75) is 18.3 Å². The Hall–Kier alpha value is -0.940. The van der Waals surface area contributed by atoms with Gasteiger partial charge in [0.1, 0.15) is 6.33 Å². The number of halogens is 1. The smallest absolute Gasteiger partial charge is 0.204 e. The molecule has 0 spiro atoms. The molecule has 5 heteroatoms. The lowest BCUT2D eigenvalue weighted by Crippen LogP contribution is -2.52. The fourth-order valence-corrected chi connectivity index (χ4v) is 3.95. The van der Waals surface area contributed by atoms with E-state index in [1.165, 1.54) is 29.9 Å². The maximum Gasteiger partial charge on any atom is 0.204 e. The molecule has 19 heavy (non-hydrogen) atoms. The lowest BCUT2D eigenvalue weighted by Gasteiger charge is -2.44. The Bertz CT molecular complexity index is 571. The maximum absolute atomic E-state index is 4.29. The molecule has 0 atom stereocenters. The Labute approximate surface area is 125 Å². The fourth-order valence-electron chi connectivity index (χ4n) is 3.14. The van der Waals surface area contributed by atoms with Gasteiger partial charge in [0.25, 0.3) is 0 Å². The predicted octanol–water partition coefficient (Wildman–Crippen LogP) is 3.47. The first-order valence-corrected chi connectivity index (χ1v) is 8.12. The zero-order chi connectivity index (χ0) is 12.9. The van der Waals surface area contributed by atoms with Crippen LogP contribution >= 0.6 is 27.5 Å². The van der Waals surface area contributed by atoms with E-state index in [1.807, 2.05) is 0 Å². The van der Waals surface area contributed by atoms with E-state index in [0.29, 0.717) is 5.41 Å². The maximum atomic E-state index is 4.29. The van der Waals surface area contributed by atoms with Gasteiger partial charge in [-0.25, -0.2) is 4.98 Å². The van der Waals surface area contributed by atoms with E-state index in [0.717, 1.165) is 28.6 Å². The van der Waals surface area contributed by atoms with E-state index >= 15 is 0 Å². The molecule has 1 aromatic heterocycles. The molecule has 98 valence electrons. The van der Waals surface area contributed by atoms with Crippen LogP contribution in [0.5, 0.6) is 0 Å². The van der Waals surface area contributed by atoms with Crippen molar-refractivity contribution in [1.29, 1.82) is 0 Å². The molecule has 0 radical (unpaired) electrons. The zero-order valence-corrected chi connectivity index (χ0v) is 12.8. The molecule has 1 aromatic carbocycles. The van der Waals surface area contributed by atoms with Crippen LogP contribution in [0.15, 0.2) is 35.1 Å². The van der Waals surface area contributed by atoms with Gasteiger partial charge in [0.2, 0.25) is 5.13 Å². The monoisotopic (exact) mass is 335 g/mol. The van der Waals surface area contributed by atoms with Crippen LogP contribution in [0.2, 0.25) is 0 Å². The number of anilines is 1. The van der Waals surface area contributed by atoms with E-state index in [1.54, 1.807) is 6.33 Å². The van der Waals surface area contributed by atoms with Gasteiger partial charge in [-0.15, -0.1) is 0 Å². The van der Waals surface area contributed by atoms with Crippen molar-refractivity contribution in [3.8, 4) is 0 Å². The van der Waals surface area contributed by atoms with E-state index in [4.69, 9.17) is 0 Å². The van der Waals surface area contributed by atoms with Crippen molar-refractivity contribution in [2.75, 3.05) is 18.0 Å². The minimum atomic E-state index is 0.446. The molecule has 3 nitrogen and oxygen atoms in total. The second kappa shape index (κ2) is 4.28. The molecule has 2 aliphatic rings. The summed E-state index contributed by atoms with van der Waals surface area (Å²) < 4.78 is 5.24. The number of hydrogen-bond acceptors (Lipinski definition) is 4. The summed E-state index contributed by atoms with van der Waals surface area (Å²) in [6.45, 7) is 2.26. The molecule has 0 bridgehead atoms. The summed E-state index contributed by atoms with van der Waals surface area (Å²) in [7, 11) is 0. The third-order valence-electron chi connectivity index (χ3n) is 4.49. The topological polar surface area (TPSA) is 29.0 Å². The molecular weight excluding hydrogens is 322 g/mol. The largest absolute Gasteiger partial charge is 0.346 e. The van der Waals surface area contributed by atoms with Crippen molar-refractivity contribution >= 4 is 32.6 Å². The van der Waals surface area contributed by atoms with Crippen molar-refractivity contribution < 1.29 is 0 Å². The minimum Gasteiger partial charge on any atom is -0.346 e. The van der Waals surface area contributed by atoms with Gasteiger partial charge in [-0.05, 0) is 30.5 Å². The Morgan fingerprint density at radius 3 is 2.53 bits per heavy atom. The third-order valence-corrected chi connectivity index (χ3v) is 5.75. The lowest BCUT2D eigenvalue weighted by atomic mass is 9.78. The minimum absolute atomic E-state index is 0.446. The summed E-state index contributed by atoms with van der Waals surface area (Å²) in [6, 6.07) is 8.89. The molecule has 1 aliphatic carbocycles. The molecule has 2 heterocycles. The average molecular weight is 336 g/mol. The summed E-state index contributed by atoms with van der Waals surface area (Å²) in [5.74, 6) is 0.776. The fraction of sp³-hybridized carbons (Fsp3) is 0.429. The molecule has 1 saturated carbocycles. The number of rotatable bonds is 3. The van der Waals surface area contributed by atoms with Crippen LogP contribution in [-0.4, -0.2) is 22.4 Å². The number of hydrogen-bond donors (Lipinski definition) is 0. The van der Waals surface area contributed by atoms with Crippen molar-refractivity contribution in [1.82, 2.24) is 9.36 Å². The molecule has 0 N–H and O–H groups in total. The Morgan fingerprint density at radius 2 is 1.95 bits per heavy atom. The number of benzene rings is 1. The highest BCUT2D eigenvalue weighted by Gasteiger charge is 2.54. The third kappa shape index (κ3) is 1.91. The lowest BCUT2D eigenvalue weighted by molar-refractivity contribution is 0.322. The molecule has 0 unspecified atom stereocenters. The summed E-state index contributed by atoms with van der Waals surface area (Å²) in [6.07, 6.45) is 4.32. The Morgan fingerprint density at radius 1 is 1.21 bits per heavy atom. The SMILES string of the molecule is Brc1ccc(C2(C3CN(c4ncns4)C3)CC2)cc1. The predicted molar refractivity (Wildman–Crippen MR) is 80.7 cm³/mol. The summed E-state index contributed by atoms with van der Waals surface area (Å²) in [5, 5.41) is 1.07. The number of aromatic nitrogens is 2. The van der Waals surface area contributed by atoms with Crippen molar-refractivity contribution in [3.05, 3.63) is 40.6 Å². The highest BCUT2D eigenvalue weighted by Crippen LogP contribution is 2.56. The van der Waals surface area contributed by atoms with Gasteiger partial charge >= 0.3 is 0 Å². The molecule has 0 amide bonds. The van der Waals surface area contributed by atoms with Crippen molar-refractivity contribution in [3.63, 3.8) is 0 Å². The van der Waals surface area contributed by atoms with Gasteiger partial charge in [-0.2, -0.15) is 4.37 Å². The van der Waals surface area contributed by atoms with E-state index in [-0.39, 0.29) is 0 Å². The molecule has 1 saturated heterocycles. The van der Waals surface area contributed by atoms with Crippen LogP contribution in [0.4, 0.5) is 5.13 Å². The summed E-state index contributed by atoms with van der Waals surface area (Å²) in [5.41, 5.74) is 1.96. The van der Waals surface area contributed by atoms with Gasteiger partial charge in [-0.3, -0.25) is 0 Å². The summed E-state index contributed by atoms with van der Waals surface area (Å²) in [4.78, 5) is 6.64.